The van der Waals surface area contributed by atoms with E-state index in [1.165, 1.54) is 11.3 Å². The Labute approximate surface area is 125 Å². The van der Waals surface area contributed by atoms with Crippen LogP contribution in [0.15, 0.2) is 17.5 Å². The maximum atomic E-state index is 12.2. The van der Waals surface area contributed by atoms with Crippen LogP contribution in [-0.4, -0.2) is 29.7 Å². The maximum Gasteiger partial charge on any atom is 0.222 e. The molecule has 0 aromatic carbocycles. The normalized spacial score (nSPS) is 20.9. The molecule has 1 unspecified atom stereocenters. The minimum Gasteiger partial charge on any atom is -0.335 e. The molecule has 0 bridgehead atoms. The van der Waals surface area contributed by atoms with Crippen molar-refractivity contribution in [3.8, 4) is 0 Å². The summed E-state index contributed by atoms with van der Waals surface area (Å²) in [7, 11) is 0. The Bertz CT molecular complexity index is 473. The average molecular weight is 293 g/mol. The van der Waals surface area contributed by atoms with Crippen LogP contribution in [-0.2, 0) is 4.79 Å². The zero-order chi connectivity index (χ0) is 14.8. The van der Waals surface area contributed by atoms with Crippen LogP contribution in [0.1, 0.15) is 49.7 Å². The molecule has 1 aliphatic heterocycles. The second kappa shape index (κ2) is 6.08. The van der Waals surface area contributed by atoms with Crippen molar-refractivity contribution in [1.82, 2.24) is 4.90 Å². The predicted octanol–water partition coefficient (Wildman–Crippen LogP) is 3.61. The molecule has 0 radical (unpaired) electrons. The van der Waals surface area contributed by atoms with Gasteiger partial charge in [-0.05, 0) is 35.6 Å². The highest BCUT2D eigenvalue weighted by atomic mass is 32.1. The van der Waals surface area contributed by atoms with Gasteiger partial charge < -0.3 is 4.90 Å². The number of Topliss-reactive ketones (excluding diaryl/α,β-unsaturated/α-hetero) is 1. The predicted molar refractivity (Wildman–Crippen MR) is 82.0 cm³/mol. The topological polar surface area (TPSA) is 37.4 Å². The van der Waals surface area contributed by atoms with E-state index >= 15 is 0 Å². The van der Waals surface area contributed by atoms with Gasteiger partial charge in [0.1, 0.15) is 0 Å². The van der Waals surface area contributed by atoms with Crippen LogP contribution in [0.2, 0.25) is 0 Å². The quantitative estimate of drug-likeness (QED) is 0.798. The van der Waals surface area contributed by atoms with Crippen molar-refractivity contribution < 1.29 is 9.59 Å². The molecule has 110 valence electrons. The summed E-state index contributed by atoms with van der Waals surface area (Å²) < 4.78 is 0. The van der Waals surface area contributed by atoms with Gasteiger partial charge in [0.2, 0.25) is 5.91 Å². The number of thiophene rings is 1. The molecule has 1 aromatic rings. The van der Waals surface area contributed by atoms with Gasteiger partial charge >= 0.3 is 0 Å². The van der Waals surface area contributed by atoms with Crippen molar-refractivity contribution in [2.24, 2.45) is 11.3 Å². The Morgan fingerprint density at radius 1 is 1.40 bits per heavy atom. The number of likely N-dealkylation sites (tertiary alicyclic amines) is 1. The summed E-state index contributed by atoms with van der Waals surface area (Å²) in [5, 5.41) is 1.90. The molecule has 0 spiro atoms. The molecular weight excluding hydrogens is 270 g/mol. The monoisotopic (exact) mass is 293 g/mol. The molecule has 0 N–H and O–H groups in total. The Hall–Kier alpha value is -1.16. The van der Waals surface area contributed by atoms with Gasteiger partial charge in [0, 0.05) is 13.0 Å². The number of carbonyl (C=O) groups excluding carboxylic acids is 2. The fourth-order valence-electron chi connectivity index (χ4n) is 2.76. The summed E-state index contributed by atoms with van der Waals surface area (Å²) in [5.41, 5.74) is 0.230. The molecule has 20 heavy (non-hydrogen) atoms. The first-order valence-corrected chi connectivity index (χ1v) is 8.10. The lowest BCUT2D eigenvalue weighted by molar-refractivity contribution is -0.130. The Morgan fingerprint density at radius 2 is 2.15 bits per heavy atom. The molecule has 2 rings (SSSR count). The van der Waals surface area contributed by atoms with Crippen LogP contribution in [0.4, 0.5) is 0 Å². The number of hydrogen-bond donors (Lipinski definition) is 0. The van der Waals surface area contributed by atoms with E-state index in [2.05, 4.69) is 20.8 Å². The van der Waals surface area contributed by atoms with Gasteiger partial charge in [0.05, 0.1) is 11.4 Å². The van der Waals surface area contributed by atoms with Gasteiger partial charge in [-0.15, -0.1) is 11.3 Å². The minimum atomic E-state index is 0.0579. The van der Waals surface area contributed by atoms with Crippen molar-refractivity contribution in [2.45, 2.75) is 40.0 Å². The number of nitrogens with zero attached hydrogens (tertiary/aromatic N) is 1. The van der Waals surface area contributed by atoms with E-state index in [9.17, 15) is 9.59 Å². The number of rotatable bonds is 3. The standard InChI is InChI=1S/C16H23NO2S/c1-16(2,3)12-6-7-15(19)17(9-8-12)11-13(18)14-5-4-10-20-14/h4-5,10,12H,6-9,11H2,1-3H3. The third-order valence-corrected chi connectivity index (χ3v) is 5.07. The van der Waals surface area contributed by atoms with Gasteiger partial charge in [-0.1, -0.05) is 26.8 Å². The molecule has 1 aliphatic rings. The van der Waals surface area contributed by atoms with Gasteiger partial charge in [-0.3, -0.25) is 9.59 Å². The highest BCUT2D eigenvalue weighted by molar-refractivity contribution is 7.12. The highest BCUT2D eigenvalue weighted by Gasteiger charge is 2.30. The number of ketones is 1. The zero-order valence-electron chi connectivity index (χ0n) is 12.5. The lowest BCUT2D eigenvalue weighted by Gasteiger charge is -2.29. The molecule has 3 nitrogen and oxygen atoms in total. The SMILES string of the molecule is CC(C)(C)C1CCC(=O)N(CC(=O)c2cccs2)CC1. The molecule has 1 atom stereocenters. The van der Waals surface area contributed by atoms with Crippen LogP contribution in [0.25, 0.3) is 0 Å². The fraction of sp³-hybridized carbons (Fsp3) is 0.625. The molecule has 1 amide bonds. The van der Waals surface area contributed by atoms with Crippen molar-refractivity contribution in [2.75, 3.05) is 13.1 Å². The molecule has 1 fully saturated rings. The van der Waals surface area contributed by atoms with Crippen LogP contribution < -0.4 is 0 Å². The lowest BCUT2D eigenvalue weighted by Crippen LogP contribution is -2.35. The molecular formula is C16H23NO2S. The second-order valence-electron chi connectivity index (χ2n) is 6.61. The van der Waals surface area contributed by atoms with Crippen molar-refractivity contribution in [3.05, 3.63) is 22.4 Å². The molecule has 2 heterocycles. The number of hydrogen-bond acceptors (Lipinski definition) is 3. The Morgan fingerprint density at radius 3 is 2.75 bits per heavy atom. The molecule has 4 heteroatoms. The molecule has 0 saturated carbocycles. The summed E-state index contributed by atoms with van der Waals surface area (Å²) in [5.74, 6) is 0.734. The van der Waals surface area contributed by atoms with Gasteiger partial charge in [-0.2, -0.15) is 0 Å². The Balaban J connectivity index is 1.99. The van der Waals surface area contributed by atoms with E-state index in [-0.39, 0.29) is 23.7 Å². The van der Waals surface area contributed by atoms with Crippen LogP contribution in [0.5, 0.6) is 0 Å². The van der Waals surface area contributed by atoms with E-state index in [4.69, 9.17) is 0 Å². The van der Waals surface area contributed by atoms with E-state index in [0.29, 0.717) is 18.9 Å². The maximum absolute atomic E-state index is 12.2. The summed E-state index contributed by atoms with van der Waals surface area (Å²) in [4.78, 5) is 26.8. The smallest absolute Gasteiger partial charge is 0.222 e. The molecule has 1 saturated heterocycles. The highest BCUT2D eigenvalue weighted by Crippen LogP contribution is 2.34. The zero-order valence-corrected chi connectivity index (χ0v) is 13.3. The minimum absolute atomic E-state index is 0.0579. The van der Waals surface area contributed by atoms with E-state index in [1.807, 2.05) is 17.5 Å². The average Bonchev–Trinajstić information content (AvgIpc) is 2.82. The van der Waals surface area contributed by atoms with Crippen molar-refractivity contribution in [1.29, 1.82) is 0 Å². The van der Waals surface area contributed by atoms with Crippen LogP contribution in [0, 0.1) is 11.3 Å². The van der Waals surface area contributed by atoms with Crippen LogP contribution >= 0.6 is 11.3 Å². The van der Waals surface area contributed by atoms with Crippen molar-refractivity contribution in [3.63, 3.8) is 0 Å². The van der Waals surface area contributed by atoms with Gasteiger partial charge in [0.25, 0.3) is 0 Å². The Kier molecular flexibility index (Phi) is 4.63. The number of amides is 1. The largest absolute Gasteiger partial charge is 0.335 e. The summed E-state index contributed by atoms with van der Waals surface area (Å²) >= 11 is 1.44. The van der Waals surface area contributed by atoms with Crippen molar-refractivity contribution >= 4 is 23.0 Å². The van der Waals surface area contributed by atoms with Crippen LogP contribution in [0.3, 0.4) is 0 Å². The molecule has 0 aliphatic carbocycles. The summed E-state index contributed by atoms with van der Waals surface area (Å²) in [6.07, 6.45) is 2.50. The van der Waals surface area contributed by atoms with E-state index in [1.54, 1.807) is 4.90 Å². The fourth-order valence-corrected chi connectivity index (χ4v) is 3.42. The lowest BCUT2D eigenvalue weighted by atomic mass is 9.77. The van der Waals surface area contributed by atoms with E-state index < -0.39 is 0 Å². The third kappa shape index (κ3) is 3.69. The van der Waals surface area contributed by atoms with Gasteiger partial charge in [0.15, 0.2) is 5.78 Å². The third-order valence-electron chi connectivity index (χ3n) is 4.16. The van der Waals surface area contributed by atoms with Gasteiger partial charge in [-0.25, -0.2) is 0 Å². The summed E-state index contributed by atoms with van der Waals surface area (Å²) in [6.45, 7) is 7.63. The second-order valence-corrected chi connectivity index (χ2v) is 7.55. The first-order valence-electron chi connectivity index (χ1n) is 7.22. The van der Waals surface area contributed by atoms with E-state index in [0.717, 1.165) is 17.7 Å². The molecule has 1 aromatic heterocycles. The number of carbonyl (C=O) groups is 2. The first kappa shape index (κ1) is 15.2. The first-order chi connectivity index (χ1) is 9.38. The summed E-state index contributed by atoms with van der Waals surface area (Å²) in [6, 6.07) is 3.70.